The van der Waals surface area contributed by atoms with Crippen molar-refractivity contribution in [3.05, 3.63) is 35.5 Å². The van der Waals surface area contributed by atoms with Crippen molar-refractivity contribution < 1.29 is 0 Å². The van der Waals surface area contributed by atoms with Gasteiger partial charge in [0.1, 0.15) is 0 Å². The molecule has 2 heterocycles. The molecule has 1 saturated heterocycles. The van der Waals surface area contributed by atoms with Crippen molar-refractivity contribution in [3.63, 3.8) is 0 Å². The molecule has 0 N–H and O–H groups in total. The van der Waals surface area contributed by atoms with Crippen molar-refractivity contribution in [2.45, 2.75) is 32.7 Å². The van der Waals surface area contributed by atoms with Crippen LogP contribution in [0, 0.1) is 6.92 Å². The van der Waals surface area contributed by atoms with Crippen LogP contribution in [0.5, 0.6) is 0 Å². The molecule has 1 aliphatic rings. The minimum atomic E-state index is 1.10. The van der Waals surface area contributed by atoms with E-state index in [0.717, 1.165) is 6.54 Å². The molecule has 1 aliphatic heterocycles. The van der Waals surface area contributed by atoms with Gasteiger partial charge in [-0.2, -0.15) is 0 Å². The Labute approximate surface area is 109 Å². The van der Waals surface area contributed by atoms with Gasteiger partial charge in [-0.1, -0.05) is 18.6 Å². The van der Waals surface area contributed by atoms with Gasteiger partial charge in [0.25, 0.3) is 0 Å². The minimum absolute atomic E-state index is 1.10. The molecule has 0 saturated carbocycles. The summed E-state index contributed by atoms with van der Waals surface area (Å²) in [5.41, 5.74) is 4.19. The van der Waals surface area contributed by atoms with Crippen molar-refractivity contribution >= 4 is 10.9 Å². The third kappa shape index (κ3) is 2.05. The molecule has 0 amide bonds. The van der Waals surface area contributed by atoms with Crippen LogP contribution in [0.4, 0.5) is 0 Å². The molecule has 2 nitrogen and oxygen atoms in total. The number of hydrogen-bond acceptors (Lipinski definition) is 1. The number of likely N-dealkylation sites (tertiary alicyclic amines) is 1. The van der Waals surface area contributed by atoms with Gasteiger partial charge in [0.15, 0.2) is 0 Å². The van der Waals surface area contributed by atoms with Crippen LogP contribution >= 0.6 is 0 Å². The van der Waals surface area contributed by atoms with Crippen LogP contribution in [0.15, 0.2) is 24.3 Å². The third-order valence-electron chi connectivity index (χ3n) is 4.24. The topological polar surface area (TPSA) is 8.17 Å². The quantitative estimate of drug-likeness (QED) is 0.783. The fourth-order valence-electron chi connectivity index (χ4n) is 3.06. The van der Waals surface area contributed by atoms with Crippen molar-refractivity contribution in [3.8, 4) is 0 Å². The predicted molar refractivity (Wildman–Crippen MR) is 76.8 cm³/mol. The Hall–Kier alpha value is -1.28. The highest BCUT2D eigenvalue weighted by Gasteiger charge is 2.13. The lowest BCUT2D eigenvalue weighted by Gasteiger charge is -2.26. The largest absolute Gasteiger partial charge is 0.346 e. The fraction of sp³-hybridized carbons (Fsp3) is 0.500. The number of benzene rings is 1. The lowest BCUT2D eigenvalue weighted by Crippen LogP contribution is -2.29. The summed E-state index contributed by atoms with van der Waals surface area (Å²) in [7, 11) is 2.20. The zero-order valence-electron chi connectivity index (χ0n) is 11.4. The van der Waals surface area contributed by atoms with Crippen LogP contribution in [0.2, 0.25) is 0 Å². The first kappa shape index (κ1) is 11.8. The summed E-state index contributed by atoms with van der Waals surface area (Å²) >= 11 is 0. The molecule has 2 heteroatoms. The van der Waals surface area contributed by atoms with E-state index in [4.69, 9.17) is 0 Å². The normalized spacial score (nSPS) is 17.4. The Kier molecular flexibility index (Phi) is 3.13. The van der Waals surface area contributed by atoms with E-state index >= 15 is 0 Å². The summed E-state index contributed by atoms with van der Waals surface area (Å²) in [6.45, 7) is 5.83. The van der Waals surface area contributed by atoms with Crippen LogP contribution in [0.1, 0.15) is 30.5 Å². The Balaban J connectivity index is 1.92. The second kappa shape index (κ2) is 4.77. The third-order valence-corrected chi connectivity index (χ3v) is 4.24. The van der Waals surface area contributed by atoms with Crippen molar-refractivity contribution in [1.29, 1.82) is 0 Å². The van der Waals surface area contributed by atoms with Crippen molar-refractivity contribution in [1.82, 2.24) is 9.47 Å². The Morgan fingerprint density at radius 3 is 2.61 bits per heavy atom. The monoisotopic (exact) mass is 242 g/mol. The highest BCUT2D eigenvalue weighted by Crippen LogP contribution is 2.23. The van der Waals surface area contributed by atoms with Crippen molar-refractivity contribution in [2.24, 2.45) is 7.05 Å². The molecular weight excluding hydrogens is 220 g/mol. The standard InChI is InChI=1S/C16H22N2/c1-13-7-6-8-16-15(13)11-14(17(16)2)12-18-9-4-3-5-10-18/h6-8,11H,3-5,9-10,12H2,1-2H3. The van der Waals surface area contributed by atoms with Crippen LogP contribution in [0.3, 0.4) is 0 Å². The van der Waals surface area contributed by atoms with Gasteiger partial charge in [0.2, 0.25) is 0 Å². The number of aryl methyl sites for hydroxylation is 2. The minimum Gasteiger partial charge on any atom is -0.346 e. The number of fused-ring (bicyclic) bond motifs is 1. The Morgan fingerprint density at radius 1 is 1.11 bits per heavy atom. The number of aromatic nitrogens is 1. The molecule has 1 aromatic carbocycles. The van der Waals surface area contributed by atoms with E-state index in [9.17, 15) is 0 Å². The fourth-order valence-corrected chi connectivity index (χ4v) is 3.06. The zero-order valence-corrected chi connectivity index (χ0v) is 11.4. The molecule has 0 unspecified atom stereocenters. The Bertz CT molecular complexity index is 547. The lowest BCUT2D eigenvalue weighted by atomic mass is 10.1. The van der Waals surface area contributed by atoms with E-state index in [2.05, 4.69) is 47.7 Å². The van der Waals surface area contributed by atoms with Crippen LogP contribution in [-0.4, -0.2) is 22.6 Å². The van der Waals surface area contributed by atoms with Gasteiger partial charge in [0, 0.05) is 30.2 Å². The van der Waals surface area contributed by atoms with Gasteiger partial charge in [-0.25, -0.2) is 0 Å². The van der Waals surface area contributed by atoms with E-state index in [1.54, 1.807) is 0 Å². The van der Waals surface area contributed by atoms with Crippen LogP contribution in [-0.2, 0) is 13.6 Å². The summed E-state index contributed by atoms with van der Waals surface area (Å²) in [5.74, 6) is 0. The molecule has 18 heavy (non-hydrogen) atoms. The molecule has 0 radical (unpaired) electrons. The SMILES string of the molecule is Cc1cccc2c1cc(CN1CCCCC1)n2C. The summed E-state index contributed by atoms with van der Waals surface area (Å²) < 4.78 is 2.36. The van der Waals surface area contributed by atoms with E-state index in [0.29, 0.717) is 0 Å². The first-order valence-corrected chi connectivity index (χ1v) is 7.02. The maximum atomic E-state index is 2.59. The number of piperidine rings is 1. The molecule has 1 aromatic heterocycles. The smallest absolute Gasteiger partial charge is 0.0482 e. The van der Waals surface area contributed by atoms with E-state index in [-0.39, 0.29) is 0 Å². The molecule has 3 rings (SSSR count). The zero-order chi connectivity index (χ0) is 12.5. The van der Waals surface area contributed by atoms with Gasteiger partial charge in [0.05, 0.1) is 0 Å². The summed E-state index contributed by atoms with van der Waals surface area (Å²) in [6.07, 6.45) is 4.14. The summed E-state index contributed by atoms with van der Waals surface area (Å²) in [5, 5.41) is 1.41. The number of rotatable bonds is 2. The Morgan fingerprint density at radius 2 is 1.89 bits per heavy atom. The molecule has 0 aliphatic carbocycles. The number of hydrogen-bond donors (Lipinski definition) is 0. The van der Waals surface area contributed by atoms with Crippen molar-refractivity contribution in [2.75, 3.05) is 13.1 Å². The molecule has 0 spiro atoms. The van der Waals surface area contributed by atoms with E-state index in [1.165, 1.54) is 54.5 Å². The summed E-state index contributed by atoms with van der Waals surface area (Å²) in [6, 6.07) is 8.96. The first-order chi connectivity index (χ1) is 8.75. The molecule has 0 atom stereocenters. The van der Waals surface area contributed by atoms with Gasteiger partial charge < -0.3 is 4.57 Å². The summed E-state index contributed by atoms with van der Waals surface area (Å²) in [4.78, 5) is 2.59. The number of nitrogens with zero attached hydrogens (tertiary/aromatic N) is 2. The lowest BCUT2D eigenvalue weighted by molar-refractivity contribution is 0.217. The first-order valence-electron chi connectivity index (χ1n) is 7.02. The predicted octanol–water partition coefficient (Wildman–Crippen LogP) is 3.47. The molecule has 2 aromatic rings. The van der Waals surface area contributed by atoms with E-state index < -0.39 is 0 Å². The van der Waals surface area contributed by atoms with Gasteiger partial charge in [-0.15, -0.1) is 0 Å². The molecule has 0 bridgehead atoms. The highest BCUT2D eigenvalue weighted by atomic mass is 15.1. The van der Waals surface area contributed by atoms with Crippen LogP contribution < -0.4 is 0 Å². The van der Waals surface area contributed by atoms with Crippen LogP contribution in [0.25, 0.3) is 10.9 Å². The maximum absolute atomic E-state index is 2.59. The molecule has 1 fully saturated rings. The second-order valence-electron chi connectivity index (χ2n) is 5.54. The van der Waals surface area contributed by atoms with E-state index in [1.807, 2.05) is 0 Å². The maximum Gasteiger partial charge on any atom is 0.0482 e. The average molecular weight is 242 g/mol. The second-order valence-corrected chi connectivity index (χ2v) is 5.54. The molecule has 96 valence electrons. The molecular formula is C16H22N2. The van der Waals surface area contributed by atoms with Gasteiger partial charge >= 0.3 is 0 Å². The highest BCUT2D eigenvalue weighted by molar-refractivity contribution is 5.84. The van der Waals surface area contributed by atoms with Gasteiger partial charge in [-0.3, -0.25) is 4.90 Å². The average Bonchev–Trinajstić information content (AvgIpc) is 2.70. The van der Waals surface area contributed by atoms with Gasteiger partial charge in [-0.05, 0) is 50.6 Å².